The van der Waals surface area contributed by atoms with Gasteiger partial charge >= 0.3 is 0 Å². The molecule has 0 saturated heterocycles. The Morgan fingerprint density at radius 3 is 2.06 bits per heavy atom. The second-order valence-corrected chi connectivity index (χ2v) is 9.89. The Morgan fingerprint density at radius 1 is 0.774 bits per heavy atom. The summed E-state index contributed by atoms with van der Waals surface area (Å²) >= 11 is 2.04. The van der Waals surface area contributed by atoms with Crippen LogP contribution in [0.5, 0.6) is 0 Å². The minimum absolute atomic E-state index is 0.0546. The summed E-state index contributed by atoms with van der Waals surface area (Å²) in [5.41, 5.74) is 3.67. The highest BCUT2D eigenvalue weighted by Gasteiger charge is 2.52. The predicted octanol–water partition coefficient (Wildman–Crippen LogP) is 7.53. The molecule has 1 saturated carbocycles. The molecule has 0 bridgehead atoms. The number of hydrogen-bond donors (Lipinski definition) is 0. The van der Waals surface area contributed by atoms with Crippen molar-refractivity contribution in [1.82, 2.24) is 0 Å². The molecule has 1 unspecified atom stereocenters. The predicted molar refractivity (Wildman–Crippen MR) is 129 cm³/mol. The molecule has 154 valence electrons. The maximum absolute atomic E-state index is 6.75. The first-order chi connectivity index (χ1) is 15.3. The van der Waals surface area contributed by atoms with Crippen LogP contribution in [0, 0.1) is 0 Å². The van der Waals surface area contributed by atoms with E-state index in [1.807, 2.05) is 11.8 Å². The second kappa shape index (κ2) is 7.65. The zero-order valence-electron chi connectivity index (χ0n) is 17.4. The first-order valence-electron chi connectivity index (χ1n) is 11.1. The Labute approximate surface area is 188 Å². The molecule has 3 heteroatoms. The van der Waals surface area contributed by atoms with Crippen molar-refractivity contribution < 1.29 is 4.74 Å². The number of nitrogens with zero attached hydrogens (tertiary/aromatic N) is 1. The first-order valence-corrected chi connectivity index (χ1v) is 11.9. The summed E-state index contributed by atoms with van der Waals surface area (Å²) in [7, 11) is 0. The van der Waals surface area contributed by atoms with Gasteiger partial charge in [0.2, 0.25) is 5.88 Å². The quantitative estimate of drug-likeness (QED) is 0.432. The van der Waals surface area contributed by atoms with Gasteiger partial charge in [-0.1, -0.05) is 103 Å². The highest BCUT2D eigenvalue weighted by atomic mass is 32.2. The molecule has 1 atom stereocenters. The fourth-order valence-electron chi connectivity index (χ4n) is 5.10. The number of para-hydroxylation sites is 1. The molecule has 1 fully saturated rings. The summed E-state index contributed by atoms with van der Waals surface area (Å²) in [6.45, 7) is 0. The summed E-state index contributed by atoms with van der Waals surface area (Å²) in [5, 5.41) is 0. The van der Waals surface area contributed by atoms with Gasteiger partial charge in [-0.05, 0) is 36.6 Å². The van der Waals surface area contributed by atoms with E-state index in [0.29, 0.717) is 0 Å². The van der Waals surface area contributed by atoms with E-state index >= 15 is 0 Å². The molecule has 0 aromatic heterocycles. The molecule has 6 rings (SSSR count). The Kier molecular flexibility index (Phi) is 4.65. The summed E-state index contributed by atoms with van der Waals surface area (Å²) in [6, 6.07) is 32.1. The molecule has 0 radical (unpaired) electrons. The fourth-order valence-corrected chi connectivity index (χ4v) is 6.83. The van der Waals surface area contributed by atoms with Gasteiger partial charge in [0.05, 0.1) is 9.78 Å². The summed E-state index contributed by atoms with van der Waals surface area (Å²) < 4.78 is 6.75. The highest BCUT2D eigenvalue weighted by molar-refractivity contribution is 8.04. The molecule has 2 aliphatic heterocycles. The van der Waals surface area contributed by atoms with E-state index in [1.54, 1.807) is 0 Å². The van der Waals surface area contributed by atoms with Crippen LogP contribution in [0.15, 0.2) is 108 Å². The minimum atomic E-state index is 0.0546. The van der Waals surface area contributed by atoms with Gasteiger partial charge in [-0.3, -0.25) is 4.90 Å². The van der Waals surface area contributed by atoms with Gasteiger partial charge in [-0.15, -0.1) is 0 Å². The van der Waals surface area contributed by atoms with Crippen molar-refractivity contribution in [1.29, 1.82) is 0 Å². The monoisotopic (exact) mass is 423 g/mol. The maximum Gasteiger partial charge on any atom is 0.212 e. The third-order valence-corrected chi connectivity index (χ3v) is 8.16. The van der Waals surface area contributed by atoms with Crippen LogP contribution in [0.2, 0.25) is 0 Å². The van der Waals surface area contributed by atoms with Crippen LogP contribution in [-0.2, 0) is 4.74 Å². The number of hydrogen-bond acceptors (Lipinski definition) is 3. The SMILES string of the molecule is C1=C(c2ccccc2)OC2=C(SC3(CCCC3)N2c2ccccc2)C1c1ccccc1. The Morgan fingerprint density at radius 2 is 1.39 bits per heavy atom. The van der Waals surface area contributed by atoms with Crippen LogP contribution in [0.4, 0.5) is 5.69 Å². The van der Waals surface area contributed by atoms with E-state index < -0.39 is 0 Å². The summed E-state index contributed by atoms with van der Waals surface area (Å²) in [4.78, 5) is 3.90. The first kappa shape index (κ1) is 18.8. The van der Waals surface area contributed by atoms with E-state index in [4.69, 9.17) is 4.74 Å². The van der Waals surface area contributed by atoms with Crippen LogP contribution < -0.4 is 4.90 Å². The van der Waals surface area contributed by atoms with E-state index in [-0.39, 0.29) is 10.8 Å². The van der Waals surface area contributed by atoms with E-state index in [1.165, 1.54) is 41.8 Å². The Hall–Kier alpha value is -2.91. The minimum Gasteiger partial charge on any atom is -0.440 e. The van der Waals surface area contributed by atoms with Gasteiger partial charge < -0.3 is 4.74 Å². The molecule has 3 aromatic rings. The third kappa shape index (κ3) is 3.19. The van der Waals surface area contributed by atoms with E-state index in [9.17, 15) is 0 Å². The molecule has 3 aromatic carbocycles. The summed E-state index contributed by atoms with van der Waals surface area (Å²) in [6.07, 6.45) is 7.22. The highest BCUT2D eigenvalue weighted by Crippen LogP contribution is 2.61. The zero-order valence-corrected chi connectivity index (χ0v) is 18.2. The largest absolute Gasteiger partial charge is 0.440 e. The van der Waals surface area contributed by atoms with Gasteiger partial charge in [-0.25, -0.2) is 0 Å². The molecule has 2 heterocycles. The molecule has 2 nitrogen and oxygen atoms in total. The van der Waals surface area contributed by atoms with Gasteiger partial charge in [-0.2, -0.15) is 0 Å². The van der Waals surface area contributed by atoms with Crippen molar-refractivity contribution in [2.75, 3.05) is 4.90 Å². The van der Waals surface area contributed by atoms with Crippen molar-refractivity contribution in [3.8, 4) is 0 Å². The average molecular weight is 424 g/mol. The van der Waals surface area contributed by atoms with Crippen molar-refractivity contribution >= 4 is 23.2 Å². The summed E-state index contributed by atoms with van der Waals surface area (Å²) in [5.74, 6) is 2.18. The molecular weight excluding hydrogens is 398 g/mol. The lowest BCUT2D eigenvalue weighted by Gasteiger charge is -2.37. The number of rotatable bonds is 3. The molecule has 1 spiro atoms. The van der Waals surface area contributed by atoms with Gasteiger partial charge in [0.1, 0.15) is 5.76 Å². The number of benzene rings is 3. The van der Waals surface area contributed by atoms with E-state index in [2.05, 4.69) is 102 Å². The maximum atomic E-state index is 6.75. The number of ether oxygens (including phenoxy) is 1. The Balaban J connectivity index is 1.52. The number of anilines is 1. The zero-order chi connectivity index (χ0) is 20.7. The Bertz CT molecular complexity index is 1130. The van der Waals surface area contributed by atoms with Crippen molar-refractivity contribution in [3.05, 3.63) is 119 Å². The average Bonchev–Trinajstić information content (AvgIpc) is 3.44. The van der Waals surface area contributed by atoms with Crippen LogP contribution in [0.1, 0.15) is 42.7 Å². The van der Waals surface area contributed by atoms with Gasteiger partial charge in [0.15, 0.2) is 0 Å². The van der Waals surface area contributed by atoms with Crippen LogP contribution in [0.25, 0.3) is 5.76 Å². The lowest BCUT2D eigenvalue weighted by atomic mass is 9.94. The van der Waals surface area contributed by atoms with Crippen molar-refractivity contribution in [3.63, 3.8) is 0 Å². The lowest BCUT2D eigenvalue weighted by molar-refractivity contribution is 0.339. The molecule has 0 N–H and O–H groups in total. The molecule has 31 heavy (non-hydrogen) atoms. The third-order valence-electron chi connectivity index (χ3n) is 6.54. The topological polar surface area (TPSA) is 12.5 Å². The number of thioether (sulfide) groups is 1. The molecule has 1 aliphatic carbocycles. The van der Waals surface area contributed by atoms with Gasteiger partial charge in [0, 0.05) is 17.2 Å². The van der Waals surface area contributed by atoms with Crippen molar-refractivity contribution in [2.24, 2.45) is 0 Å². The number of allylic oxidation sites excluding steroid dienone is 2. The molecule has 0 amide bonds. The standard InChI is InChI=1S/C28H25NOS/c1-4-12-21(13-5-1)24-20-25(22-14-6-2-7-15-22)30-27-26(24)31-28(18-10-11-19-28)29(27)23-16-8-3-9-17-23/h1-9,12-17,20,24H,10-11,18-19H2. The molecular formula is C28H25NOS. The fraction of sp³-hybridized carbons (Fsp3) is 0.214. The van der Waals surface area contributed by atoms with Gasteiger partial charge in [0.25, 0.3) is 0 Å². The van der Waals surface area contributed by atoms with Crippen LogP contribution >= 0.6 is 11.8 Å². The normalized spacial score (nSPS) is 21.7. The second-order valence-electron chi connectivity index (χ2n) is 8.48. The van der Waals surface area contributed by atoms with E-state index in [0.717, 1.165) is 17.2 Å². The van der Waals surface area contributed by atoms with Crippen LogP contribution in [0.3, 0.4) is 0 Å². The van der Waals surface area contributed by atoms with Crippen molar-refractivity contribution in [2.45, 2.75) is 36.5 Å². The molecule has 3 aliphatic rings. The lowest BCUT2D eigenvalue weighted by Crippen LogP contribution is -2.40. The van der Waals surface area contributed by atoms with Crippen LogP contribution in [-0.4, -0.2) is 4.87 Å². The smallest absolute Gasteiger partial charge is 0.212 e.